The molecule has 1 aliphatic rings. The third-order valence-electron chi connectivity index (χ3n) is 4.73. The van der Waals surface area contributed by atoms with E-state index in [0.29, 0.717) is 39.0 Å². The highest BCUT2D eigenvalue weighted by Gasteiger charge is 2.27. The van der Waals surface area contributed by atoms with Crippen molar-refractivity contribution < 1.29 is 18.4 Å². The van der Waals surface area contributed by atoms with Crippen LogP contribution >= 0.6 is 0 Å². The van der Waals surface area contributed by atoms with Crippen LogP contribution in [0.3, 0.4) is 0 Å². The number of hydrogen-bond acceptors (Lipinski definition) is 3. The van der Waals surface area contributed by atoms with Gasteiger partial charge in [-0.2, -0.15) is 0 Å². The van der Waals surface area contributed by atoms with E-state index < -0.39 is 11.6 Å². The molecule has 0 spiro atoms. The van der Waals surface area contributed by atoms with Gasteiger partial charge in [-0.05, 0) is 25.1 Å². The highest BCUT2D eigenvalue weighted by atomic mass is 19.2. The zero-order chi connectivity index (χ0) is 19.6. The molecular formula is C19H22F2N4O2. The van der Waals surface area contributed by atoms with Gasteiger partial charge in [0.2, 0.25) is 5.91 Å². The number of carbonyl (C=O) groups is 2. The van der Waals surface area contributed by atoms with Crippen molar-refractivity contribution >= 4 is 11.8 Å². The monoisotopic (exact) mass is 376 g/mol. The molecule has 1 aromatic carbocycles. The lowest BCUT2D eigenvalue weighted by molar-refractivity contribution is -0.120. The van der Waals surface area contributed by atoms with Crippen molar-refractivity contribution in [2.24, 2.45) is 0 Å². The van der Waals surface area contributed by atoms with Crippen molar-refractivity contribution in [3.8, 4) is 0 Å². The molecule has 1 N–H and O–H groups in total. The molecule has 0 aliphatic carbocycles. The number of rotatable bonds is 5. The highest BCUT2D eigenvalue weighted by Crippen LogP contribution is 2.22. The molecule has 2 amide bonds. The maximum absolute atomic E-state index is 13.5. The second-order valence-electron chi connectivity index (χ2n) is 6.40. The molecule has 0 atom stereocenters. The molecule has 1 aliphatic heterocycles. The first-order valence-electron chi connectivity index (χ1n) is 9.02. The number of imidazole rings is 1. The van der Waals surface area contributed by atoms with Gasteiger partial charge in [0.15, 0.2) is 11.6 Å². The van der Waals surface area contributed by atoms with Gasteiger partial charge in [-0.25, -0.2) is 13.8 Å². The first-order valence-corrected chi connectivity index (χ1v) is 9.02. The molecule has 27 heavy (non-hydrogen) atoms. The summed E-state index contributed by atoms with van der Waals surface area (Å²) in [4.78, 5) is 30.4. The van der Waals surface area contributed by atoms with Gasteiger partial charge in [0.05, 0.1) is 24.5 Å². The summed E-state index contributed by atoms with van der Waals surface area (Å²) in [6.07, 6.45) is 0.982. The maximum Gasteiger partial charge on any atom is 0.254 e. The van der Waals surface area contributed by atoms with E-state index in [1.54, 1.807) is 11.8 Å². The average Bonchev–Trinajstić information content (AvgIpc) is 3.04. The summed E-state index contributed by atoms with van der Waals surface area (Å²) in [5.41, 5.74) is 1.95. The second kappa shape index (κ2) is 7.85. The van der Waals surface area contributed by atoms with Gasteiger partial charge in [0.1, 0.15) is 5.82 Å². The lowest BCUT2D eigenvalue weighted by atomic mass is 10.1. The number of nitrogens with one attached hydrogen (secondary N) is 1. The Morgan fingerprint density at radius 2 is 2.00 bits per heavy atom. The third-order valence-corrected chi connectivity index (χ3v) is 4.73. The first kappa shape index (κ1) is 19.0. The maximum atomic E-state index is 13.5. The van der Waals surface area contributed by atoms with Crippen molar-refractivity contribution in [1.82, 2.24) is 19.8 Å². The molecule has 0 saturated heterocycles. The molecule has 8 heteroatoms. The topological polar surface area (TPSA) is 67.2 Å². The summed E-state index contributed by atoms with van der Waals surface area (Å²) in [5, 5.41) is 2.82. The molecule has 0 unspecified atom stereocenters. The van der Waals surface area contributed by atoms with E-state index in [9.17, 15) is 18.4 Å². The Morgan fingerprint density at radius 3 is 2.67 bits per heavy atom. The van der Waals surface area contributed by atoms with Crippen LogP contribution in [-0.4, -0.2) is 32.8 Å². The van der Waals surface area contributed by atoms with E-state index in [1.807, 2.05) is 11.5 Å². The van der Waals surface area contributed by atoms with Crippen LogP contribution in [0.4, 0.5) is 8.78 Å². The third kappa shape index (κ3) is 3.84. The summed E-state index contributed by atoms with van der Waals surface area (Å²) in [7, 11) is 0. The minimum atomic E-state index is -1.04. The van der Waals surface area contributed by atoms with Gasteiger partial charge in [0.25, 0.3) is 5.91 Å². The molecular weight excluding hydrogens is 354 g/mol. The normalized spacial score (nSPS) is 13.4. The number of nitrogens with zero attached hydrogens (tertiary/aromatic N) is 3. The Kier molecular flexibility index (Phi) is 5.53. The molecule has 2 heterocycles. The van der Waals surface area contributed by atoms with Crippen LogP contribution < -0.4 is 5.32 Å². The zero-order valence-electron chi connectivity index (χ0n) is 15.4. The highest BCUT2D eigenvalue weighted by molar-refractivity contribution is 5.94. The number of benzene rings is 1. The van der Waals surface area contributed by atoms with Crippen LogP contribution in [0.1, 0.15) is 47.8 Å². The number of fused-ring (bicyclic) bond motifs is 1. The van der Waals surface area contributed by atoms with Gasteiger partial charge in [0, 0.05) is 31.5 Å². The number of hydrogen-bond donors (Lipinski definition) is 1. The largest absolute Gasteiger partial charge is 0.349 e. The Morgan fingerprint density at radius 1 is 1.22 bits per heavy atom. The van der Waals surface area contributed by atoms with Gasteiger partial charge in [-0.15, -0.1) is 0 Å². The Hall–Kier alpha value is -2.77. The van der Waals surface area contributed by atoms with Crippen LogP contribution in [0, 0.1) is 11.6 Å². The van der Waals surface area contributed by atoms with Crippen molar-refractivity contribution in [3.63, 3.8) is 0 Å². The second-order valence-corrected chi connectivity index (χ2v) is 6.40. The van der Waals surface area contributed by atoms with Crippen LogP contribution in [0.2, 0.25) is 0 Å². The molecule has 3 rings (SSSR count). The predicted octanol–water partition coefficient (Wildman–Crippen LogP) is 2.41. The number of amides is 2. The molecule has 6 nitrogen and oxygen atoms in total. The van der Waals surface area contributed by atoms with Crippen molar-refractivity contribution in [2.45, 2.75) is 46.3 Å². The minimum absolute atomic E-state index is 0.0474. The van der Waals surface area contributed by atoms with Crippen molar-refractivity contribution in [1.29, 1.82) is 0 Å². The lowest BCUT2D eigenvalue weighted by Gasteiger charge is -2.27. The average molecular weight is 376 g/mol. The van der Waals surface area contributed by atoms with Crippen LogP contribution in [0.15, 0.2) is 18.2 Å². The standard InChI is InChI=1S/C19H22F2N4O2/c1-3-18(26)22-10-17-23-15-7-8-24(11-16(15)25(17)4-2)19(27)12-5-6-13(20)14(21)9-12/h5-6,9H,3-4,7-8,10-11H2,1-2H3,(H,22,26). The van der Waals surface area contributed by atoms with E-state index >= 15 is 0 Å². The summed E-state index contributed by atoms with van der Waals surface area (Å²) in [5.74, 6) is -1.65. The van der Waals surface area contributed by atoms with Crippen LogP contribution in [-0.2, 0) is 30.8 Å². The number of aromatic nitrogens is 2. The quantitative estimate of drug-likeness (QED) is 0.871. The molecule has 1 aromatic heterocycles. The minimum Gasteiger partial charge on any atom is -0.349 e. The van der Waals surface area contributed by atoms with E-state index in [4.69, 9.17) is 0 Å². The summed E-state index contributed by atoms with van der Waals surface area (Å²) < 4.78 is 28.6. The first-order chi connectivity index (χ1) is 12.9. The molecule has 2 aromatic rings. The van der Waals surface area contributed by atoms with Crippen LogP contribution in [0.5, 0.6) is 0 Å². The van der Waals surface area contributed by atoms with Crippen molar-refractivity contribution in [2.75, 3.05) is 6.54 Å². The van der Waals surface area contributed by atoms with Gasteiger partial charge in [-0.3, -0.25) is 9.59 Å². The smallest absolute Gasteiger partial charge is 0.254 e. The molecule has 0 fully saturated rings. The summed E-state index contributed by atoms with van der Waals surface area (Å²) >= 11 is 0. The van der Waals surface area contributed by atoms with E-state index in [1.165, 1.54) is 6.07 Å². The van der Waals surface area contributed by atoms with Crippen molar-refractivity contribution in [3.05, 3.63) is 52.6 Å². The predicted molar refractivity (Wildman–Crippen MR) is 94.8 cm³/mol. The fourth-order valence-electron chi connectivity index (χ4n) is 3.27. The van der Waals surface area contributed by atoms with E-state index in [2.05, 4.69) is 10.3 Å². The Balaban J connectivity index is 1.80. The Bertz CT molecular complexity index is 879. The van der Waals surface area contributed by atoms with Crippen LogP contribution in [0.25, 0.3) is 0 Å². The lowest BCUT2D eigenvalue weighted by Crippen LogP contribution is -2.37. The Labute approximate surface area is 156 Å². The van der Waals surface area contributed by atoms with Gasteiger partial charge < -0.3 is 14.8 Å². The van der Waals surface area contributed by atoms with Gasteiger partial charge in [-0.1, -0.05) is 6.92 Å². The SMILES string of the molecule is CCC(=O)NCc1nc2c(n1CC)CN(C(=O)c1ccc(F)c(F)c1)CC2. The molecule has 0 radical (unpaired) electrons. The fourth-order valence-corrected chi connectivity index (χ4v) is 3.27. The van der Waals surface area contributed by atoms with Gasteiger partial charge >= 0.3 is 0 Å². The molecule has 144 valence electrons. The summed E-state index contributed by atoms with van der Waals surface area (Å²) in [6, 6.07) is 3.18. The van der Waals surface area contributed by atoms with E-state index in [-0.39, 0.29) is 17.4 Å². The van der Waals surface area contributed by atoms with E-state index in [0.717, 1.165) is 29.3 Å². The number of halogens is 2. The fraction of sp³-hybridized carbons (Fsp3) is 0.421. The molecule has 0 bridgehead atoms. The molecule has 0 saturated carbocycles. The summed E-state index contributed by atoms with van der Waals surface area (Å²) in [6.45, 7) is 5.55. The number of carbonyl (C=O) groups excluding carboxylic acids is 2. The zero-order valence-corrected chi connectivity index (χ0v) is 15.4.